The summed E-state index contributed by atoms with van der Waals surface area (Å²) in [6.07, 6.45) is 4.57. The fourth-order valence-electron chi connectivity index (χ4n) is 2.28. The predicted octanol–water partition coefficient (Wildman–Crippen LogP) is 2.46. The predicted molar refractivity (Wildman–Crippen MR) is 81.7 cm³/mol. The monoisotopic (exact) mass is 324 g/mol. The first-order chi connectivity index (χ1) is 10.4. The molecule has 0 saturated carbocycles. The van der Waals surface area contributed by atoms with Crippen LogP contribution in [-0.4, -0.2) is 27.6 Å². The number of carbonyl (C=O) groups is 1. The van der Waals surface area contributed by atoms with Crippen molar-refractivity contribution in [2.24, 2.45) is 11.8 Å². The summed E-state index contributed by atoms with van der Waals surface area (Å²) in [6.45, 7) is 3.69. The topological polar surface area (TPSA) is 69.7 Å². The lowest BCUT2D eigenvalue weighted by Crippen LogP contribution is -2.15. The van der Waals surface area contributed by atoms with E-state index in [4.69, 9.17) is 8.92 Å². The molecule has 1 aromatic rings. The van der Waals surface area contributed by atoms with Gasteiger partial charge in [-0.25, -0.2) is 0 Å². The maximum Gasteiger partial charge on any atom is 0.302 e. The Kier molecular flexibility index (Phi) is 5.37. The number of benzene rings is 1. The number of hydrogen-bond donors (Lipinski definition) is 0. The minimum absolute atomic E-state index is 0.0146. The average Bonchev–Trinajstić information content (AvgIpc) is 2.92. The van der Waals surface area contributed by atoms with E-state index < -0.39 is 10.1 Å². The van der Waals surface area contributed by atoms with Crippen LogP contribution in [0.3, 0.4) is 0 Å². The Morgan fingerprint density at radius 2 is 1.73 bits per heavy atom. The third kappa shape index (κ3) is 4.68. The van der Waals surface area contributed by atoms with E-state index in [1.54, 1.807) is 24.3 Å². The second-order valence-corrected chi connectivity index (χ2v) is 7.11. The van der Waals surface area contributed by atoms with Gasteiger partial charge >= 0.3 is 5.97 Å². The van der Waals surface area contributed by atoms with Crippen molar-refractivity contribution < 1.29 is 22.1 Å². The zero-order chi connectivity index (χ0) is 16.2. The van der Waals surface area contributed by atoms with Gasteiger partial charge in [-0.3, -0.25) is 8.98 Å². The molecule has 0 heterocycles. The Morgan fingerprint density at radius 3 is 2.32 bits per heavy atom. The van der Waals surface area contributed by atoms with Crippen LogP contribution in [0.5, 0.6) is 0 Å². The van der Waals surface area contributed by atoms with Crippen molar-refractivity contribution in [2.75, 3.05) is 13.2 Å². The average molecular weight is 324 g/mol. The Labute approximate surface area is 131 Å². The van der Waals surface area contributed by atoms with Crippen molar-refractivity contribution >= 4 is 16.1 Å². The van der Waals surface area contributed by atoms with E-state index in [1.165, 1.54) is 6.92 Å². The van der Waals surface area contributed by atoms with E-state index in [1.807, 2.05) is 19.1 Å². The third-order valence-corrected chi connectivity index (χ3v) is 4.80. The highest BCUT2D eigenvalue weighted by molar-refractivity contribution is 7.86. The normalized spacial score (nSPS) is 21.0. The molecule has 1 aromatic carbocycles. The molecule has 6 heteroatoms. The lowest BCUT2D eigenvalue weighted by atomic mass is 10.1. The van der Waals surface area contributed by atoms with Crippen LogP contribution in [-0.2, 0) is 23.8 Å². The van der Waals surface area contributed by atoms with Crippen LogP contribution in [0.15, 0.2) is 41.3 Å². The summed E-state index contributed by atoms with van der Waals surface area (Å²) in [5.41, 5.74) is 0.992. The summed E-state index contributed by atoms with van der Waals surface area (Å²) < 4.78 is 34.2. The van der Waals surface area contributed by atoms with Crippen molar-refractivity contribution in [3.63, 3.8) is 0 Å². The first-order valence-corrected chi connectivity index (χ1v) is 8.55. The van der Waals surface area contributed by atoms with Gasteiger partial charge in [0.25, 0.3) is 10.1 Å². The fraction of sp³-hybridized carbons (Fsp3) is 0.438. The molecular formula is C16H20O5S. The summed E-state index contributed by atoms with van der Waals surface area (Å²) in [5.74, 6) is -0.171. The van der Waals surface area contributed by atoms with Gasteiger partial charge < -0.3 is 4.74 Å². The number of carbonyl (C=O) groups excluding carboxylic acids is 1. The van der Waals surface area contributed by atoms with E-state index in [0.29, 0.717) is 6.61 Å². The molecule has 0 aliphatic heterocycles. The molecule has 0 N–H and O–H groups in total. The minimum Gasteiger partial charge on any atom is -0.465 e. The van der Waals surface area contributed by atoms with Crippen LogP contribution in [0.1, 0.15) is 18.9 Å². The maximum absolute atomic E-state index is 12.1. The third-order valence-electron chi connectivity index (χ3n) is 3.51. The minimum atomic E-state index is -3.73. The molecule has 2 rings (SSSR count). The van der Waals surface area contributed by atoms with Crippen LogP contribution in [0.4, 0.5) is 0 Å². The summed E-state index contributed by atoms with van der Waals surface area (Å²) in [5, 5.41) is 0. The smallest absolute Gasteiger partial charge is 0.302 e. The molecule has 0 bridgehead atoms. The van der Waals surface area contributed by atoms with Gasteiger partial charge in [-0.2, -0.15) is 8.42 Å². The molecule has 0 spiro atoms. The molecule has 1 aliphatic rings. The highest BCUT2D eigenvalue weighted by Crippen LogP contribution is 2.25. The summed E-state index contributed by atoms with van der Waals surface area (Å²) in [6, 6.07) is 6.55. The van der Waals surface area contributed by atoms with E-state index in [9.17, 15) is 13.2 Å². The first kappa shape index (κ1) is 16.7. The van der Waals surface area contributed by atoms with Crippen molar-refractivity contribution in [3.8, 4) is 0 Å². The lowest BCUT2D eigenvalue weighted by molar-refractivity contribution is -0.141. The molecule has 0 fully saturated rings. The molecule has 120 valence electrons. The molecular weight excluding hydrogens is 304 g/mol. The quantitative estimate of drug-likeness (QED) is 0.457. The summed E-state index contributed by atoms with van der Waals surface area (Å²) in [4.78, 5) is 10.9. The number of hydrogen-bond acceptors (Lipinski definition) is 5. The molecule has 0 unspecified atom stereocenters. The van der Waals surface area contributed by atoms with E-state index >= 15 is 0 Å². The van der Waals surface area contributed by atoms with Crippen molar-refractivity contribution in [2.45, 2.75) is 25.2 Å². The van der Waals surface area contributed by atoms with Crippen LogP contribution < -0.4 is 0 Å². The number of rotatable bonds is 6. The van der Waals surface area contributed by atoms with Gasteiger partial charge in [0.15, 0.2) is 0 Å². The highest BCUT2D eigenvalue weighted by Gasteiger charge is 2.23. The highest BCUT2D eigenvalue weighted by atomic mass is 32.2. The van der Waals surface area contributed by atoms with Crippen LogP contribution >= 0.6 is 0 Å². The molecule has 0 aromatic heterocycles. The van der Waals surface area contributed by atoms with Gasteiger partial charge in [0.2, 0.25) is 0 Å². The first-order valence-electron chi connectivity index (χ1n) is 7.14. The molecule has 0 radical (unpaired) electrons. The van der Waals surface area contributed by atoms with Crippen molar-refractivity contribution in [1.82, 2.24) is 0 Å². The molecule has 0 amide bonds. The van der Waals surface area contributed by atoms with Gasteiger partial charge in [-0.15, -0.1) is 0 Å². The van der Waals surface area contributed by atoms with Gasteiger partial charge in [-0.05, 0) is 25.5 Å². The molecule has 5 nitrogen and oxygen atoms in total. The molecule has 1 aliphatic carbocycles. The molecule has 2 atom stereocenters. The van der Waals surface area contributed by atoms with Gasteiger partial charge in [0.05, 0.1) is 18.1 Å². The Balaban J connectivity index is 1.84. The zero-order valence-electron chi connectivity index (χ0n) is 12.7. The second-order valence-electron chi connectivity index (χ2n) is 5.50. The van der Waals surface area contributed by atoms with Gasteiger partial charge in [0.1, 0.15) is 0 Å². The lowest BCUT2D eigenvalue weighted by Gasteiger charge is -2.12. The fourth-order valence-corrected chi connectivity index (χ4v) is 3.24. The standard InChI is InChI=1S/C16H20O5S/c1-12-3-7-16(8-4-12)22(18,19)21-11-15-6-5-14(9-15)10-20-13(2)17/h3-8,14-15H,9-11H2,1-2H3/t14-,15+/m1/s1. The second kappa shape index (κ2) is 7.07. The number of ether oxygens (including phenoxy) is 1. The zero-order valence-corrected chi connectivity index (χ0v) is 13.5. The SMILES string of the molecule is CC(=O)OC[C@@H]1C=C[C@H](COS(=O)(=O)c2ccc(C)cc2)C1. The Morgan fingerprint density at radius 1 is 1.14 bits per heavy atom. The van der Waals surface area contributed by atoms with Crippen LogP contribution in [0.25, 0.3) is 0 Å². The molecule has 0 saturated heterocycles. The number of aryl methyl sites for hydroxylation is 1. The number of esters is 1. The summed E-state index contributed by atoms with van der Waals surface area (Å²) >= 11 is 0. The Hall–Kier alpha value is -1.66. The van der Waals surface area contributed by atoms with E-state index in [-0.39, 0.29) is 29.3 Å². The van der Waals surface area contributed by atoms with Crippen molar-refractivity contribution in [1.29, 1.82) is 0 Å². The van der Waals surface area contributed by atoms with Gasteiger partial charge in [0, 0.05) is 18.8 Å². The van der Waals surface area contributed by atoms with Crippen LogP contribution in [0.2, 0.25) is 0 Å². The van der Waals surface area contributed by atoms with Crippen molar-refractivity contribution in [3.05, 3.63) is 42.0 Å². The Bertz CT molecular complexity index is 646. The van der Waals surface area contributed by atoms with E-state index in [0.717, 1.165) is 12.0 Å². The van der Waals surface area contributed by atoms with E-state index in [2.05, 4.69) is 0 Å². The van der Waals surface area contributed by atoms with Gasteiger partial charge in [-0.1, -0.05) is 29.8 Å². The largest absolute Gasteiger partial charge is 0.465 e. The maximum atomic E-state index is 12.1. The summed E-state index contributed by atoms with van der Waals surface area (Å²) in [7, 11) is -3.73. The van der Waals surface area contributed by atoms with Crippen LogP contribution in [0, 0.1) is 18.8 Å². The molecule has 22 heavy (non-hydrogen) atoms.